The Morgan fingerprint density at radius 3 is 2.46 bits per heavy atom. The minimum Gasteiger partial charge on any atom is -0.507 e. The lowest BCUT2D eigenvalue weighted by Crippen LogP contribution is -2.28. The molecule has 1 N–H and O–H groups in total. The van der Waals surface area contributed by atoms with E-state index in [2.05, 4.69) is 4.74 Å². The zero-order chi connectivity index (χ0) is 17.3. The third-order valence-corrected chi connectivity index (χ3v) is 3.97. The largest absolute Gasteiger partial charge is 0.507 e. The van der Waals surface area contributed by atoms with Crippen molar-refractivity contribution in [2.45, 2.75) is 12.3 Å². The molecule has 0 unspecified atom stereocenters. The van der Waals surface area contributed by atoms with Crippen molar-refractivity contribution in [2.75, 3.05) is 7.11 Å². The van der Waals surface area contributed by atoms with Gasteiger partial charge in [0.15, 0.2) is 0 Å². The number of aliphatic hydroxyl groups excluding tert-OH is 1. The first kappa shape index (κ1) is 15.7. The number of esters is 1. The van der Waals surface area contributed by atoms with Gasteiger partial charge in [0.05, 0.1) is 31.3 Å². The predicted molar refractivity (Wildman–Crippen MR) is 83.4 cm³/mol. The van der Waals surface area contributed by atoms with E-state index < -0.39 is 23.5 Å². The second-order valence-corrected chi connectivity index (χ2v) is 5.31. The summed E-state index contributed by atoms with van der Waals surface area (Å²) in [4.78, 5) is 36.6. The summed E-state index contributed by atoms with van der Waals surface area (Å²) in [5.74, 6) is -3.09. The third kappa shape index (κ3) is 2.52. The van der Waals surface area contributed by atoms with Crippen LogP contribution in [0, 0.1) is 0 Å². The maximum Gasteiger partial charge on any atom is 0.306 e. The molecule has 0 fully saturated rings. The molecule has 6 heteroatoms. The standard InChI is InChI=1S/C18H14O6/c1-23-14(19)9-12(13-7-4-8-24-13)15-16(20)10-5-2-3-6-11(10)17(21)18(15)22/h2-8,12,20H,9H2,1H3/t12-/m1/s1. The molecule has 1 aromatic carbocycles. The molecule has 122 valence electrons. The van der Waals surface area contributed by atoms with Gasteiger partial charge in [0, 0.05) is 11.1 Å². The van der Waals surface area contributed by atoms with Crippen molar-refractivity contribution in [3.8, 4) is 0 Å². The van der Waals surface area contributed by atoms with Gasteiger partial charge in [-0.25, -0.2) is 0 Å². The van der Waals surface area contributed by atoms with Gasteiger partial charge in [0.1, 0.15) is 11.5 Å². The maximum atomic E-state index is 12.5. The van der Waals surface area contributed by atoms with Crippen LogP contribution in [0.3, 0.4) is 0 Å². The average molecular weight is 326 g/mol. The summed E-state index contributed by atoms with van der Waals surface area (Å²) in [5.41, 5.74) is 0.248. The minimum absolute atomic E-state index is 0.139. The molecule has 24 heavy (non-hydrogen) atoms. The molecule has 0 saturated heterocycles. The molecule has 0 amide bonds. The second-order valence-electron chi connectivity index (χ2n) is 5.31. The normalized spacial score (nSPS) is 15.2. The highest BCUT2D eigenvalue weighted by molar-refractivity contribution is 6.52. The fourth-order valence-electron chi connectivity index (χ4n) is 2.79. The summed E-state index contributed by atoms with van der Waals surface area (Å²) in [6, 6.07) is 9.46. The molecule has 0 aliphatic heterocycles. The van der Waals surface area contributed by atoms with Gasteiger partial charge >= 0.3 is 5.97 Å². The van der Waals surface area contributed by atoms with Gasteiger partial charge in [-0.3, -0.25) is 14.4 Å². The van der Waals surface area contributed by atoms with E-state index in [9.17, 15) is 19.5 Å². The van der Waals surface area contributed by atoms with Crippen LogP contribution in [0.5, 0.6) is 0 Å². The number of allylic oxidation sites excluding steroid dienone is 1. The molecular weight excluding hydrogens is 312 g/mol. The summed E-state index contributed by atoms with van der Waals surface area (Å²) in [7, 11) is 1.22. The first-order valence-corrected chi connectivity index (χ1v) is 7.26. The number of hydrogen-bond donors (Lipinski definition) is 1. The molecule has 1 aromatic heterocycles. The molecule has 6 nitrogen and oxygen atoms in total. The SMILES string of the molecule is COC(=O)C[C@@H](C1=C(O)c2ccccc2C(=O)C1=O)c1ccco1. The number of ketones is 2. The van der Waals surface area contributed by atoms with Crippen molar-refractivity contribution in [1.29, 1.82) is 0 Å². The zero-order valence-electron chi connectivity index (χ0n) is 12.8. The van der Waals surface area contributed by atoms with Crippen LogP contribution < -0.4 is 0 Å². The van der Waals surface area contributed by atoms with Crippen molar-refractivity contribution in [1.82, 2.24) is 0 Å². The average Bonchev–Trinajstić information content (AvgIpc) is 3.13. The highest BCUT2D eigenvalue weighted by Crippen LogP contribution is 2.38. The highest BCUT2D eigenvalue weighted by Gasteiger charge is 2.39. The van der Waals surface area contributed by atoms with Crippen LogP contribution in [0.2, 0.25) is 0 Å². The van der Waals surface area contributed by atoms with E-state index >= 15 is 0 Å². The van der Waals surface area contributed by atoms with Gasteiger partial charge in [0.2, 0.25) is 11.6 Å². The molecule has 0 spiro atoms. The van der Waals surface area contributed by atoms with E-state index in [1.165, 1.54) is 19.4 Å². The predicted octanol–water partition coefficient (Wildman–Crippen LogP) is 2.66. The van der Waals surface area contributed by atoms with Crippen LogP contribution in [0.1, 0.15) is 34.0 Å². The summed E-state index contributed by atoms with van der Waals surface area (Å²) in [6.07, 6.45) is 1.16. The minimum atomic E-state index is -0.905. The van der Waals surface area contributed by atoms with E-state index in [-0.39, 0.29) is 28.9 Å². The van der Waals surface area contributed by atoms with E-state index in [1.54, 1.807) is 30.3 Å². The maximum absolute atomic E-state index is 12.5. The quantitative estimate of drug-likeness (QED) is 0.686. The number of carbonyl (C=O) groups excluding carboxylic acids is 3. The molecular formula is C18H14O6. The number of benzene rings is 1. The molecule has 2 aromatic rings. The van der Waals surface area contributed by atoms with Gasteiger partial charge in [-0.2, -0.15) is 0 Å². The third-order valence-electron chi connectivity index (χ3n) is 3.97. The summed E-state index contributed by atoms with van der Waals surface area (Å²) < 4.78 is 9.95. The number of aliphatic hydroxyl groups is 1. The van der Waals surface area contributed by atoms with Crippen LogP contribution in [0.4, 0.5) is 0 Å². The molecule has 1 atom stereocenters. The molecule has 3 rings (SSSR count). The second kappa shape index (κ2) is 6.16. The number of ether oxygens (including phenoxy) is 1. The number of Topliss-reactive ketones (excluding diaryl/α,β-unsaturated/α-hetero) is 2. The van der Waals surface area contributed by atoms with Gasteiger partial charge in [0.25, 0.3) is 0 Å². The summed E-state index contributed by atoms with van der Waals surface area (Å²) >= 11 is 0. The molecule has 0 bridgehead atoms. The Morgan fingerprint density at radius 1 is 1.12 bits per heavy atom. The Morgan fingerprint density at radius 2 is 1.83 bits per heavy atom. The highest BCUT2D eigenvalue weighted by atomic mass is 16.5. The Kier molecular flexibility index (Phi) is 4.04. The summed E-state index contributed by atoms with van der Waals surface area (Å²) in [5, 5.41) is 10.6. The van der Waals surface area contributed by atoms with Crippen LogP contribution in [0.25, 0.3) is 5.76 Å². The summed E-state index contributed by atoms with van der Waals surface area (Å²) in [6.45, 7) is 0. The number of methoxy groups -OCH3 is 1. The van der Waals surface area contributed by atoms with Crippen LogP contribution in [-0.2, 0) is 14.3 Å². The van der Waals surface area contributed by atoms with E-state index in [1.807, 2.05) is 0 Å². The fraction of sp³-hybridized carbons (Fsp3) is 0.167. The number of furan rings is 1. The monoisotopic (exact) mass is 326 g/mol. The number of rotatable bonds is 4. The Labute approximate surface area is 137 Å². The molecule has 0 saturated carbocycles. The topological polar surface area (TPSA) is 93.8 Å². The zero-order valence-corrected chi connectivity index (χ0v) is 12.8. The smallest absolute Gasteiger partial charge is 0.306 e. The number of fused-ring (bicyclic) bond motifs is 1. The first-order valence-electron chi connectivity index (χ1n) is 7.26. The molecule has 1 aliphatic carbocycles. The van der Waals surface area contributed by atoms with Gasteiger partial charge in [-0.1, -0.05) is 24.3 Å². The van der Waals surface area contributed by atoms with Crippen LogP contribution in [0.15, 0.2) is 52.7 Å². The van der Waals surface area contributed by atoms with E-state index in [0.717, 1.165) is 0 Å². The number of hydrogen-bond acceptors (Lipinski definition) is 6. The molecule has 1 aliphatic rings. The van der Waals surface area contributed by atoms with E-state index in [4.69, 9.17) is 4.42 Å². The van der Waals surface area contributed by atoms with Gasteiger partial charge in [-0.05, 0) is 12.1 Å². The lowest BCUT2D eigenvalue weighted by molar-refractivity contribution is -0.141. The lowest BCUT2D eigenvalue weighted by atomic mass is 9.80. The molecule has 1 heterocycles. The van der Waals surface area contributed by atoms with Crippen molar-refractivity contribution in [2.24, 2.45) is 0 Å². The van der Waals surface area contributed by atoms with Crippen LogP contribution in [-0.4, -0.2) is 29.8 Å². The van der Waals surface area contributed by atoms with E-state index in [0.29, 0.717) is 5.76 Å². The molecule has 0 radical (unpaired) electrons. The van der Waals surface area contributed by atoms with Crippen molar-refractivity contribution in [3.63, 3.8) is 0 Å². The Bertz CT molecular complexity index is 844. The van der Waals surface area contributed by atoms with Crippen molar-refractivity contribution in [3.05, 3.63) is 65.1 Å². The van der Waals surface area contributed by atoms with Crippen molar-refractivity contribution < 1.29 is 28.6 Å². The first-order chi connectivity index (χ1) is 11.5. The van der Waals surface area contributed by atoms with Crippen LogP contribution >= 0.6 is 0 Å². The van der Waals surface area contributed by atoms with Gasteiger partial charge in [-0.15, -0.1) is 0 Å². The lowest BCUT2D eigenvalue weighted by Gasteiger charge is -2.22. The number of carbonyl (C=O) groups is 3. The Balaban J connectivity index is 2.17. The van der Waals surface area contributed by atoms with Gasteiger partial charge < -0.3 is 14.3 Å². The van der Waals surface area contributed by atoms with Crippen molar-refractivity contribution >= 4 is 23.3 Å². The Hall–Kier alpha value is -3.15. The fourth-order valence-corrected chi connectivity index (χ4v) is 2.79.